The molecule has 2 rings (SSSR count). The van der Waals surface area contributed by atoms with Gasteiger partial charge in [-0.15, -0.1) is 0 Å². The molecule has 1 unspecified atom stereocenters. The normalized spacial score (nSPS) is 12.9. The summed E-state index contributed by atoms with van der Waals surface area (Å²) in [7, 11) is 1.87. The molecule has 1 atom stereocenters. The summed E-state index contributed by atoms with van der Waals surface area (Å²) in [6, 6.07) is 1.92. The third kappa shape index (κ3) is 3.29. The van der Waals surface area contributed by atoms with Gasteiger partial charge in [-0.05, 0) is 27.0 Å². The number of aromatic nitrogens is 4. The van der Waals surface area contributed by atoms with Crippen LogP contribution in [0.1, 0.15) is 37.4 Å². The molecule has 0 saturated heterocycles. The predicted octanol–water partition coefficient (Wildman–Crippen LogP) is 3.06. The molecule has 0 aromatic carbocycles. The highest BCUT2D eigenvalue weighted by atomic mass is 35.5. The molecular formula is C13H17Cl2N5. The molecule has 5 nitrogen and oxygen atoms in total. The van der Waals surface area contributed by atoms with E-state index in [0.717, 1.165) is 11.5 Å². The molecule has 2 aromatic heterocycles. The van der Waals surface area contributed by atoms with Crippen molar-refractivity contribution in [1.29, 1.82) is 0 Å². The van der Waals surface area contributed by atoms with Crippen molar-refractivity contribution in [3.05, 3.63) is 40.2 Å². The predicted molar refractivity (Wildman–Crippen MR) is 80.2 cm³/mol. The van der Waals surface area contributed by atoms with Crippen LogP contribution in [0, 0.1) is 0 Å². The molecule has 2 heterocycles. The summed E-state index contributed by atoms with van der Waals surface area (Å²) in [4.78, 5) is 8.63. The summed E-state index contributed by atoms with van der Waals surface area (Å²) in [5.41, 5.74) is 0.761. The molecule has 1 N–H and O–H groups in total. The molecule has 0 aliphatic rings. The Morgan fingerprint density at radius 1 is 1.30 bits per heavy atom. The zero-order valence-corrected chi connectivity index (χ0v) is 13.2. The van der Waals surface area contributed by atoms with Gasteiger partial charge in [0.25, 0.3) is 0 Å². The lowest BCUT2D eigenvalue weighted by molar-refractivity contribution is 0.474. The first kappa shape index (κ1) is 15.2. The number of rotatable bonds is 5. The Hall–Kier alpha value is -1.17. The maximum Gasteiger partial charge on any atom is 0.138 e. The number of nitrogens with zero attached hydrogens (tertiary/aromatic N) is 4. The maximum atomic E-state index is 6.22. The zero-order valence-electron chi connectivity index (χ0n) is 11.6. The molecule has 0 saturated carbocycles. The topological polar surface area (TPSA) is 55.6 Å². The van der Waals surface area contributed by atoms with Crippen molar-refractivity contribution < 1.29 is 0 Å². The van der Waals surface area contributed by atoms with E-state index in [4.69, 9.17) is 23.2 Å². The van der Waals surface area contributed by atoms with Crippen LogP contribution >= 0.6 is 23.2 Å². The number of pyridine rings is 1. The van der Waals surface area contributed by atoms with Gasteiger partial charge in [0.2, 0.25) is 0 Å². The fraction of sp³-hybridized carbons (Fsp3) is 0.462. The smallest absolute Gasteiger partial charge is 0.138 e. The van der Waals surface area contributed by atoms with Crippen LogP contribution < -0.4 is 5.32 Å². The number of hydrogen-bond donors (Lipinski definition) is 1. The molecule has 0 bridgehead atoms. The molecule has 7 heteroatoms. The van der Waals surface area contributed by atoms with Crippen LogP contribution in [0.4, 0.5) is 0 Å². The second-order valence-electron chi connectivity index (χ2n) is 4.78. The second-order valence-corrected chi connectivity index (χ2v) is 5.62. The van der Waals surface area contributed by atoms with Crippen molar-refractivity contribution in [2.24, 2.45) is 0 Å². The van der Waals surface area contributed by atoms with Crippen molar-refractivity contribution in [3.8, 4) is 0 Å². The molecule has 0 aliphatic carbocycles. The number of likely N-dealkylation sites (N-methyl/N-ethyl adjacent to an activating group) is 1. The summed E-state index contributed by atoms with van der Waals surface area (Å²) in [6.07, 6.45) is 3.82. The van der Waals surface area contributed by atoms with Crippen LogP contribution in [0.2, 0.25) is 10.0 Å². The molecule has 0 spiro atoms. The zero-order chi connectivity index (χ0) is 14.7. The maximum absolute atomic E-state index is 6.22. The number of halogens is 2. The SMILES string of the molecule is CNC(Cc1ncnn1C(C)C)c1ncc(Cl)cc1Cl. The van der Waals surface area contributed by atoms with E-state index in [1.54, 1.807) is 18.6 Å². The standard InChI is InChI=1S/C13H17Cl2N5/c1-8(2)20-12(18-7-19-20)5-11(16-3)13-10(15)4-9(14)6-17-13/h4,6-8,11,16H,5H2,1-3H3. The minimum atomic E-state index is -0.0403. The van der Waals surface area contributed by atoms with Gasteiger partial charge in [-0.25, -0.2) is 9.67 Å². The highest BCUT2D eigenvalue weighted by molar-refractivity contribution is 6.34. The lowest BCUT2D eigenvalue weighted by Crippen LogP contribution is -2.23. The summed E-state index contributed by atoms with van der Waals surface area (Å²) < 4.78 is 1.90. The molecule has 0 fully saturated rings. The third-order valence-corrected chi connectivity index (χ3v) is 3.55. The van der Waals surface area contributed by atoms with Crippen LogP contribution in [0.15, 0.2) is 18.6 Å². The summed E-state index contributed by atoms with van der Waals surface area (Å²) >= 11 is 12.1. The van der Waals surface area contributed by atoms with Crippen LogP contribution in [0.25, 0.3) is 0 Å². The van der Waals surface area contributed by atoms with E-state index >= 15 is 0 Å². The van der Waals surface area contributed by atoms with Gasteiger partial charge in [0.05, 0.1) is 21.8 Å². The second kappa shape index (κ2) is 6.52. The highest BCUT2D eigenvalue weighted by Gasteiger charge is 2.19. The molecule has 0 aliphatic heterocycles. The van der Waals surface area contributed by atoms with E-state index in [0.29, 0.717) is 16.5 Å². The Morgan fingerprint density at radius 3 is 2.65 bits per heavy atom. The van der Waals surface area contributed by atoms with Gasteiger partial charge in [-0.2, -0.15) is 5.10 Å². The minimum absolute atomic E-state index is 0.0403. The fourth-order valence-corrected chi connectivity index (χ4v) is 2.56. The summed E-state index contributed by atoms with van der Waals surface area (Å²) in [6.45, 7) is 4.14. The van der Waals surface area contributed by atoms with Gasteiger partial charge in [0.1, 0.15) is 12.2 Å². The van der Waals surface area contributed by atoms with E-state index in [9.17, 15) is 0 Å². The molecule has 108 valence electrons. The number of hydrogen-bond acceptors (Lipinski definition) is 4. The van der Waals surface area contributed by atoms with E-state index in [1.807, 2.05) is 11.7 Å². The Bertz CT molecular complexity index is 582. The van der Waals surface area contributed by atoms with Gasteiger partial charge in [-0.3, -0.25) is 4.98 Å². The first-order valence-corrected chi connectivity index (χ1v) is 7.15. The average Bonchev–Trinajstić information content (AvgIpc) is 2.85. The van der Waals surface area contributed by atoms with Gasteiger partial charge >= 0.3 is 0 Å². The number of nitrogens with one attached hydrogen (secondary N) is 1. The first-order valence-electron chi connectivity index (χ1n) is 6.39. The quantitative estimate of drug-likeness (QED) is 0.921. The monoisotopic (exact) mass is 313 g/mol. The largest absolute Gasteiger partial charge is 0.311 e. The van der Waals surface area contributed by atoms with Crippen LogP contribution in [-0.4, -0.2) is 26.8 Å². The van der Waals surface area contributed by atoms with Crippen molar-refractivity contribution >= 4 is 23.2 Å². The Kier molecular flexibility index (Phi) is 4.96. The van der Waals surface area contributed by atoms with Gasteiger partial charge in [0.15, 0.2) is 0 Å². The molecule has 2 aromatic rings. The van der Waals surface area contributed by atoms with Gasteiger partial charge in [0, 0.05) is 18.7 Å². The molecule has 0 radical (unpaired) electrons. The summed E-state index contributed by atoms with van der Waals surface area (Å²) in [5.74, 6) is 0.896. The molecule has 0 amide bonds. The van der Waals surface area contributed by atoms with Gasteiger partial charge in [-0.1, -0.05) is 23.2 Å². The molecule has 20 heavy (non-hydrogen) atoms. The Labute approximate surface area is 128 Å². The Balaban J connectivity index is 2.27. The van der Waals surface area contributed by atoms with E-state index in [-0.39, 0.29) is 12.1 Å². The van der Waals surface area contributed by atoms with E-state index in [2.05, 4.69) is 34.2 Å². The lowest BCUT2D eigenvalue weighted by Gasteiger charge is -2.18. The van der Waals surface area contributed by atoms with E-state index < -0.39 is 0 Å². The van der Waals surface area contributed by atoms with Crippen molar-refractivity contribution in [2.75, 3.05) is 7.05 Å². The fourth-order valence-electron chi connectivity index (χ4n) is 2.05. The van der Waals surface area contributed by atoms with Crippen molar-refractivity contribution in [3.63, 3.8) is 0 Å². The highest BCUT2D eigenvalue weighted by Crippen LogP contribution is 2.26. The van der Waals surface area contributed by atoms with Crippen LogP contribution in [-0.2, 0) is 6.42 Å². The van der Waals surface area contributed by atoms with Gasteiger partial charge < -0.3 is 5.32 Å². The summed E-state index contributed by atoms with van der Waals surface area (Å²) in [5, 5.41) is 8.52. The lowest BCUT2D eigenvalue weighted by atomic mass is 10.1. The van der Waals surface area contributed by atoms with E-state index in [1.165, 1.54) is 0 Å². The minimum Gasteiger partial charge on any atom is -0.311 e. The van der Waals surface area contributed by atoms with Crippen molar-refractivity contribution in [2.45, 2.75) is 32.4 Å². The van der Waals surface area contributed by atoms with Crippen LogP contribution in [0.3, 0.4) is 0 Å². The van der Waals surface area contributed by atoms with Crippen molar-refractivity contribution in [1.82, 2.24) is 25.1 Å². The third-order valence-electron chi connectivity index (χ3n) is 3.04. The van der Waals surface area contributed by atoms with Crippen LogP contribution in [0.5, 0.6) is 0 Å². The first-order chi connectivity index (χ1) is 9.52. The molecular weight excluding hydrogens is 297 g/mol. The average molecular weight is 314 g/mol. The Morgan fingerprint density at radius 2 is 2.05 bits per heavy atom.